The summed E-state index contributed by atoms with van der Waals surface area (Å²) in [6, 6.07) is 0.00208. The fourth-order valence-electron chi connectivity index (χ4n) is 2.72. The van der Waals surface area contributed by atoms with Gasteiger partial charge in [0.1, 0.15) is 11.0 Å². The number of amides is 1. The molecule has 1 fully saturated rings. The first kappa shape index (κ1) is 13.4. The highest BCUT2D eigenvalue weighted by molar-refractivity contribution is 5.87. The summed E-state index contributed by atoms with van der Waals surface area (Å²) in [7, 11) is 1.82. The molecular formula is C12H17N7O2. The molecule has 1 amide bonds. The smallest absolute Gasteiger partial charge is 0.407 e. The minimum Gasteiger partial charge on any atom is -0.465 e. The Morgan fingerprint density at radius 3 is 2.86 bits per heavy atom. The second-order valence-corrected chi connectivity index (χ2v) is 5.18. The van der Waals surface area contributed by atoms with Crippen LogP contribution in [0.25, 0.3) is 11.0 Å². The molecule has 3 rings (SSSR count). The molecule has 1 saturated heterocycles. The van der Waals surface area contributed by atoms with Crippen molar-refractivity contribution in [2.45, 2.75) is 13.0 Å². The van der Waals surface area contributed by atoms with Crippen molar-refractivity contribution in [3.05, 3.63) is 6.20 Å². The number of carboxylic acid groups (broad SMARTS) is 1. The van der Waals surface area contributed by atoms with Gasteiger partial charge in [-0.3, -0.25) is 4.68 Å². The first-order chi connectivity index (χ1) is 9.97. The van der Waals surface area contributed by atoms with Gasteiger partial charge in [0.25, 0.3) is 0 Å². The molecule has 9 nitrogen and oxygen atoms in total. The second kappa shape index (κ2) is 4.76. The number of hydrogen-bond donors (Lipinski definition) is 2. The lowest BCUT2D eigenvalue weighted by molar-refractivity contribution is 0.136. The molecular weight excluding hydrogens is 274 g/mol. The average molecular weight is 291 g/mol. The standard InChI is InChI=1S/C12H17N7O2/c1-7-6-18(12(20)21)3-4-19(7)10-9-8(5-14-17(9)2)15-11(13)16-10/h5,7H,3-4,6H2,1-2H3,(H,20,21)(H2,13,15,16)/t7-/m0/s1. The van der Waals surface area contributed by atoms with Gasteiger partial charge in [0, 0.05) is 32.7 Å². The molecule has 1 atom stereocenters. The quantitative estimate of drug-likeness (QED) is 0.767. The van der Waals surface area contributed by atoms with Crippen molar-refractivity contribution in [3.8, 4) is 0 Å². The Bertz CT molecular complexity index is 698. The van der Waals surface area contributed by atoms with Gasteiger partial charge < -0.3 is 20.6 Å². The van der Waals surface area contributed by atoms with Crippen LogP contribution >= 0.6 is 0 Å². The highest BCUT2D eigenvalue weighted by Gasteiger charge is 2.29. The molecule has 3 N–H and O–H groups in total. The van der Waals surface area contributed by atoms with E-state index in [0.29, 0.717) is 31.0 Å². The number of piperazine rings is 1. The van der Waals surface area contributed by atoms with Crippen LogP contribution in [-0.2, 0) is 7.05 Å². The fraction of sp³-hybridized carbons (Fsp3) is 0.500. The van der Waals surface area contributed by atoms with Crippen LogP contribution in [0, 0.1) is 0 Å². The highest BCUT2D eigenvalue weighted by atomic mass is 16.4. The molecule has 1 aliphatic rings. The van der Waals surface area contributed by atoms with Gasteiger partial charge >= 0.3 is 6.09 Å². The van der Waals surface area contributed by atoms with E-state index in [0.717, 1.165) is 5.52 Å². The largest absolute Gasteiger partial charge is 0.465 e. The predicted octanol–water partition coefficient (Wildman–Crippen LogP) is 0.134. The van der Waals surface area contributed by atoms with Crippen LogP contribution in [-0.4, -0.2) is 61.5 Å². The molecule has 0 radical (unpaired) electrons. The summed E-state index contributed by atoms with van der Waals surface area (Å²) >= 11 is 0. The predicted molar refractivity (Wildman–Crippen MR) is 77.1 cm³/mol. The maximum absolute atomic E-state index is 11.1. The van der Waals surface area contributed by atoms with Crippen molar-refractivity contribution in [2.24, 2.45) is 7.05 Å². The first-order valence-electron chi connectivity index (χ1n) is 6.67. The summed E-state index contributed by atoms with van der Waals surface area (Å²) in [5.74, 6) is 0.897. The van der Waals surface area contributed by atoms with Crippen LogP contribution in [0.1, 0.15) is 6.92 Å². The summed E-state index contributed by atoms with van der Waals surface area (Å²) < 4.78 is 1.71. The summed E-state index contributed by atoms with van der Waals surface area (Å²) in [5.41, 5.74) is 7.26. The maximum atomic E-state index is 11.1. The van der Waals surface area contributed by atoms with E-state index < -0.39 is 6.09 Å². The molecule has 2 aromatic heterocycles. The number of anilines is 2. The molecule has 0 spiro atoms. The molecule has 0 aromatic carbocycles. The van der Waals surface area contributed by atoms with Gasteiger partial charge in [-0.2, -0.15) is 10.1 Å². The number of aryl methyl sites for hydroxylation is 1. The Morgan fingerprint density at radius 1 is 1.43 bits per heavy atom. The lowest BCUT2D eigenvalue weighted by Crippen LogP contribution is -2.53. The molecule has 112 valence electrons. The highest BCUT2D eigenvalue weighted by Crippen LogP contribution is 2.27. The zero-order chi connectivity index (χ0) is 15.1. The van der Waals surface area contributed by atoms with Crippen molar-refractivity contribution in [3.63, 3.8) is 0 Å². The Balaban J connectivity index is 2.01. The number of aromatic nitrogens is 4. The lowest BCUT2D eigenvalue weighted by Gasteiger charge is -2.39. The van der Waals surface area contributed by atoms with Gasteiger partial charge in [-0.25, -0.2) is 9.78 Å². The van der Waals surface area contributed by atoms with E-state index in [4.69, 9.17) is 10.8 Å². The second-order valence-electron chi connectivity index (χ2n) is 5.18. The van der Waals surface area contributed by atoms with Gasteiger partial charge in [0.05, 0.1) is 6.20 Å². The van der Waals surface area contributed by atoms with E-state index >= 15 is 0 Å². The normalized spacial score (nSPS) is 19.2. The van der Waals surface area contributed by atoms with E-state index in [1.165, 1.54) is 4.90 Å². The van der Waals surface area contributed by atoms with Crippen molar-refractivity contribution in [1.82, 2.24) is 24.6 Å². The Morgan fingerprint density at radius 2 is 2.19 bits per heavy atom. The van der Waals surface area contributed by atoms with Crippen molar-refractivity contribution < 1.29 is 9.90 Å². The molecule has 0 saturated carbocycles. The summed E-state index contributed by atoms with van der Waals surface area (Å²) in [4.78, 5) is 23.1. The minimum absolute atomic E-state index is 0.00208. The third-order valence-electron chi connectivity index (χ3n) is 3.76. The monoisotopic (exact) mass is 291 g/mol. The number of hydrogen-bond acceptors (Lipinski definition) is 6. The minimum atomic E-state index is -0.894. The zero-order valence-electron chi connectivity index (χ0n) is 11.9. The zero-order valence-corrected chi connectivity index (χ0v) is 11.9. The van der Waals surface area contributed by atoms with Crippen molar-refractivity contribution in [1.29, 1.82) is 0 Å². The molecule has 2 aromatic rings. The number of rotatable bonds is 1. The van der Waals surface area contributed by atoms with Crippen LogP contribution in [0.5, 0.6) is 0 Å². The van der Waals surface area contributed by atoms with Crippen molar-refractivity contribution in [2.75, 3.05) is 30.3 Å². The Labute approximate surface area is 121 Å². The van der Waals surface area contributed by atoms with Gasteiger partial charge in [-0.05, 0) is 6.92 Å². The van der Waals surface area contributed by atoms with E-state index in [2.05, 4.69) is 20.0 Å². The molecule has 1 aliphatic heterocycles. The topological polar surface area (TPSA) is 113 Å². The number of carbonyl (C=O) groups is 1. The van der Waals surface area contributed by atoms with Crippen LogP contribution in [0.15, 0.2) is 6.20 Å². The number of nitrogens with zero attached hydrogens (tertiary/aromatic N) is 6. The SMILES string of the molecule is C[C@H]1CN(C(=O)O)CCN1c1nc(N)nc2cnn(C)c12. The molecule has 3 heterocycles. The Hall–Kier alpha value is -2.58. The summed E-state index contributed by atoms with van der Waals surface area (Å²) in [5, 5.41) is 13.3. The van der Waals surface area contributed by atoms with Gasteiger partial charge in [0.2, 0.25) is 5.95 Å². The summed E-state index contributed by atoms with van der Waals surface area (Å²) in [6.45, 7) is 3.39. The van der Waals surface area contributed by atoms with Gasteiger partial charge in [-0.15, -0.1) is 0 Å². The fourth-order valence-corrected chi connectivity index (χ4v) is 2.72. The number of nitrogens with two attached hydrogens (primary N) is 1. The van der Waals surface area contributed by atoms with E-state index in [1.54, 1.807) is 10.9 Å². The average Bonchev–Trinajstić information content (AvgIpc) is 2.79. The van der Waals surface area contributed by atoms with Gasteiger partial charge in [-0.1, -0.05) is 0 Å². The lowest BCUT2D eigenvalue weighted by atomic mass is 10.2. The van der Waals surface area contributed by atoms with Crippen LogP contribution in [0.3, 0.4) is 0 Å². The first-order valence-corrected chi connectivity index (χ1v) is 6.67. The third kappa shape index (κ3) is 2.20. The maximum Gasteiger partial charge on any atom is 0.407 e. The Kier molecular flexibility index (Phi) is 3.04. The molecule has 9 heteroatoms. The number of nitrogen functional groups attached to an aromatic ring is 1. The van der Waals surface area contributed by atoms with Gasteiger partial charge in [0.15, 0.2) is 5.82 Å². The van der Waals surface area contributed by atoms with Crippen LogP contribution < -0.4 is 10.6 Å². The van der Waals surface area contributed by atoms with Crippen LogP contribution in [0.2, 0.25) is 0 Å². The molecule has 0 bridgehead atoms. The van der Waals surface area contributed by atoms with Crippen molar-refractivity contribution >= 4 is 28.9 Å². The summed E-state index contributed by atoms with van der Waals surface area (Å²) in [6.07, 6.45) is 0.754. The number of fused-ring (bicyclic) bond motifs is 1. The van der Waals surface area contributed by atoms with Crippen LogP contribution in [0.4, 0.5) is 16.6 Å². The van der Waals surface area contributed by atoms with E-state index in [9.17, 15) is 4.79 Å². The van der Waals surface area contributed by atoms with E-state index in [1.807, 2.05) is 14.0 Å². The third-order valence-corrected chi connectivity index (χ3v) is 3.76. The molecule has 0 unspecified atom stereocenters. The molecule has 0 aliphatic carbocycles. The molecule has 21 heavy (non-hydrogen) atoms. The van der Waals surface area contributed by atoms with E-state index in [-0.39, 0.29) is 12.0 Å².